The first-order valence-corrected chi connectivity index (χ1v) is 13.9. The Morgan fingerprint density at radius 2 is 2.08 bits per heavy atom. The number of methoxy groups -OCH3 is 1. The van der Waals surface area contributed by atoms with Crippen molar-refractivity contribution in [2.24, 2.45) is 5.92 Å². The zero-order chi connectivity index (χ0) is 26.8. The van der Waals surface area contributed by atoms with Crippen LogP contribution >= 0.6 is 11.6 Å². The van der Waals surface area contributed by atoms with E-state index in [1.807, 2.05) is 6.20 Å². The summed E-state index contributed by atoms with van der Waals surface area (Å²) in [6, 6.07) is 4.29. The molecular weight excluding hydrogens is 524 g/mol. The van der Waals surface area contributed by atoms with Crippen LogP contribution in [0.1, 0.15) is 48.6 Å². The molecule has 0 spiro atoms. The minimum atomic E-state index is -0.548. The molecular formula is C28H33ClN4O6. The Hall–Kier alpha value is -2.76. The van der Waals surface area contributed by atoms with Crippen molar-refractivity contribution >= 4 is 28.8 Å². The molecule has 5 heterocycles. The van der Waals surface area contributed by atoms with Gasteiger partial charge in [0.1, 0.15) is 23.3 Å². The largest absolute Gasteiger partial charge is 0.467 e. The number of hydrogen-bond donors (Lipinski definition) is 2. The second kappa shape index (κ2) is 11.8. The monoisotopic (exact) mass is 556 g/mol. The molecule has 3 aliphatic rings. The van der Waals surface area contributed by atoms with Crippen molar-refractivity contribution in [3.8, 4) is 11.9 Å². The Bertz CT molecular complexity index is 1330. The summed E-state index contributed by atoms with van der Waals surface area (Å²) in [5, 5.41) is 10.3. The quantitative estimate of drug-likeness (QED) is 0.337. The molecule has 3 aromatic heterocycles. The molecule has 0 bridgehead atoms. The van der Waals surface area contributed by atoms with E-state index in [4.69, 9.17) is 40.3 Å². The number of ether oxygens (including phenoxy) is 5. The van der Waals surface area contributed by atoms with Crippen LogP contribution in [0.15, 0.2) is 24.4 Å². The third-order valence-electron chi connectivity index (χ3n) is 7.52. The summed E-state index contributed by atoms with van der Waals surface area (Å²) in [6.45, 7) is 2.08. The van der Waals surface area contributed by atoms with Gasteiger partial charge in [-0.2, -0.15) is 9.97 Å². The van der Waals surface area contributed by atoms with Crippen molar-refractivity contribution in [3.05, 3.63) is 46.2 Å². The molecule has 0 radical (unpaired) electrons. The number of halogens is 1. The van der Waals surface area contributed by atoms with Gasteiger partial charge in [0.2, 0.25) is 5.88 Å². The summed E-state index contributed by atoms with van der Waals surface area (Å²) in [7, 11) is 1.72. The molecule has 10 nitrogen and oxygen atoms in total. The summed E-state index contributed by atoms with van der Waals surface area (Å²) in [5.74, 6) is 0.509. The molecule has 2 saturated heterocycles. The van der Waals surface area contributed by atoms with E-state index in [1.165, 1.54) is 5.56 Å². The van der Waals surface area contributed by atoms with Crippen molar-refractivity contribution in [2.75, 3.05) is 33.5 Å². The second-order valence-corrected chi connectivity index (χ2v) is 10.7. The number of allylic oxidation sites excluding steroid dienone is 1. The van der Waals surface area contributed by atoms with Gasteiger partial charge in [0.15, 0.2) is 5.65 Å². The fourth-order valence-electron chi connectivity index (χ4n) is 5.50. The molecule has 2 N–H and O–H groups in total. The minimum Gasteiger partial charge on any atom is -0.467 e. The van der Waals surface area contributed by atoms with Crippen LogP contribution < -0.4 is 9.47 Å². The number of H-pyrrole nitrogens is 1. The van der Waals surface area contributed by atoms with E-state index in [2.05, 4.69) is 33.2 Å². The molecule has 1 unspecified atom stereocenters. The van der Waals surface area contributed by atoms with Crippen LogP contribution in [0.3, 0.4) is 0 Å². The molecule has 0 aromatic carbocycles. The highest BCUT2D eigenvalue weighted by atomic mass is 35.5. The van der Waals surface area contributed by atoms with Gasteiger partial charge < -0.3 is 33.8 Å². The maximum absolute atomic E-state index is 9.91. The van der Waals surface area contributed by atoms with Gasteiger partial charge in [-0.1, -0.05) is 23.8 Å². The van der Waals surface area contributed by atoms with E-state index in [9.17, 15) is 5.11 Å². The average molecular weight is 557 g/mol. The van der Waals surface area contributed by atoms with Gasteiger partial charge in [0.25, 0.3) is 6.01 Å². The molecule has 3 aromatic rings. The fraction of sp³-hybridized carbons (Fsp3) is 0.536. The lowest BCUT2D eigenvalue weighted by molar-refractivity contribution is 0.0163. The van der Waals surface area contributed by atoms with Gasteiger partial charge >= 0.3 is 0 Å². The predicted molar refractivity (Wildman–Crippen MR) is 144 cm³/mol. The summed E-state index contributed by atoms with van der Waals surface area (Å²) in [4.78, 5) is 16.8. The number of nitrogens with one attached hydrogen (secondary N) is 1. The first kappa shape index (κ1) is 26.5. The van der Waals surface area contributed by atoms with E-state index in [0.29, 0.717) is 47.9 Å². The first-order valence-electron chi connectivity index (χ1n) is 13.5. The zero-order valence-corrected chi connectivity index (χ0v) is 22.6. The molecule has 39 heavy (non-hydrogen) atoms. The Labute approximate surface area is 231 Å². The molecule has 1 aliphatic carbocycles. The second-order valence-electron chi connectivity index (χ2n) is 10.2. The lowest BCUT2D eigenvalue weighted by Gasteiger charge is -2.15. The highest BCUT2D eigenvalue weighted by Gasteiger charge is 2.46. The standard InChI is InChI=1S/C28H33ClN4O6/c1-35-9-4-2-3-5-16-11-17-6-7-22(23(17)30-13-16)39-27-19(29)12-20-26(32-27)33-28(31-20)36-10-8-18-14-37-25-21(34)15-38-24(18)25/h3,5,11-13,18,21-22,24-25,34H,2,4,6-10,14-15H2,1H3,(H,31,32,33)/b5-3+/t18-,21-,22?,24-,25-/m1/s1. The summed E-state index contributed by atoms with van der Waals surface area (Å²) in [5.41, 5.74) is 4.33. The number of aromatic nitrogens is 4. The van der Waals surface area contributed by atoms with Crippen LogP contribution in [0.4, 0.5) is 0 Å². The van der Waals surface area contributed by atoms with E-state index in [0.717, 1.165) is 50.0 Å². The number of aliphatic hydroxyl groups is 1. The highest BCUT2D eigenvalue weighted by Crippen LogP contribution is 2.37. The van der Waals surface area contributed by atoms with E-state index < -0.39 is 6.10 Å². The number of aryl methyl sites for hydroxylation is 1. The van der Waals surface area contributed by atoms with Crippen molar-refractivity contribution in [1.29, 1.82) is 0 Å². The summed E-state index contributed by atoms with van der Waals surface area (Å²) in [6.07, 6.45) is 9.45. The predicted octanol–water partition coefficient (Wildman–Crippen LogP) is 4.06. The Balaban J connectivity index is 1.06. The van der Waals surface area contributed by atoms with Crippen LogP contribution in [-0.4, -0.2) is 76.9 Å². The van der Waals surface area contributed by atoms with Gasteiger partial charge in [-0.25, -0.2) is 0 Å². The summed E-state index contributed by atoms with van der Waals surface area (Å²) < 4.78 is 28.6. The number of rotatable bonds is 11. The van der Waals surface area contributed by atoms with Crippen LogP contribution in [0.5, 0.6) is 11.9 Å². The number of unbranched alkanes of at least 4 members (excludes halogenated alkanes) is 1. The van der Waals surface area contributed by atoms with Crippen LogP contribution in [0, 0.1) is 5.92 Å². The number of hydrogen-bond acceptors (Lipinski definition) is 9. The topological polar surface area (TPSA) is 121 Å². The molecule has 11 heteroatoms. The van der Waals surface area contributed by atoms with Crippen molar-refractivity contribution in [1.82, 2.24) is 19.9 Å². The number of fused-ring (bicyclic) bond motifs is 3. The van der Waals surface area contributed by atoms with Gasteiger partial charge in [-0.3, -0.25) is 4.98 Å². The number of nitrogens with zero attached hydrogens (tertiary/aromatic N) is 3. The molecule has 2 aliphatic heterocycles. The lowest BCUT2D eigenvalue weighted by Crippen LogP contribution is -2.29. The van der Waals surface area contributed by atoms with Crippen LogP contribution in [0.25, 0.3) is 17.2 Å². The van der Waals surface area contributed by atoms with Gasteiger partial charge in [-0.15, -0.1) is 0 Å². The number of pyridine rings is 2. The molecule has 6 rings (SSSR count). The molecule has 0 amide bonds. The maximum Gasteiger partial charge on any atom is 0.296 e. The van der Waals surface area contributed by atoms with Crippen LogP contribution in [0.2, 0.25) is 5.02 Å². The molecule has 2 fully saturated rings. The Morgan fingerprint density at radius 3 is 2.97 bits per heavy atom. The fourth-order valence-corrected chi connectivity index (χ4v) is 5.70. The maximum atomic E-state index is 9.91. The Kier molecular flexibility index (Phi) is 7.99. The normalized spacial score (nSPS) is 26.0. The number of aromatic amines is 1. The van der Waals surface area contributed by atoms with E-state index in [1.54, 1.807) is 13.2 Å². The first-order chi connectivity index (χ1) is 19.1. The van der Waals surface area contributed by atoms with Crippen molar-refractivity contribution in [3.63, 3.8) is 0 Å². The Morgan fingerprint density at radius 1 is 1.18 bits per heavy atom. The zero-order valence-electron chi connectivity index (χ0n) is 21.8. The van der Waals surface area contributed by atoms with Gasteiger partial charge in [-0.05, 0) is 55.4 Å². The third kappa shape index (κ3) is 5.76. The minimum absolute atomic E-state index is 0.0798. The highest BCUT2D eigenvalue weighted by molar-refractivity contribution is 6.32. The summed E-state index contributed by atoms with van der Waals surface area (Å²) >= 11 is 6.53. The average Bonchev–Trinajstić information content (AvgIpc) is 3.70. The smallest absolute Gasteiger partial charge is 0.296 e. The third-order valence-corrected chi connectivity index (χ3v) is 7.79. The SMILES string of the molecule is COCCC/C=C/c1cnc2c(c1)CCC2Oc1nc2nc(OCC[C@@H]3CO[C@H]4[C@@H]3OC[C@H]4O)[nH]c2cc1Cl. The molecule has 0 saturated carbocycles. The lowest BCUT2D eigenvalue weighted by atomic mass is 9.98. The van der Waals surface area contributed by atoms with E-state index >= 15 is 0 Å². The number of aliphatic hydroxyl groups excluding tert-OH is 1. The molecule has 5 atom stereocenters. The molecule has 208 valence electrons. The van der Waals surface area contributed by atoms with Gasteiger partial charge in [0, 0.05) is 25.8 Å². The van der Waals surface area contributed by atoms with Crippen molar-refractivity contribution < 1.29 is 28.8 Å². The number of imidazole rings is 1. The van der Waals surface area contributed by atoms with Gasteiger partial charge in [0.05, 0.1) is 37.1 Å². The van der Waals surface area contributed by atoms with Crippen LogP contribution in [-0.2, 0) is 20.6 Å². The van der Waals surface area contributed by atoms with E-state index in [-0.39, 0.29) is 24.2 Å². The van der Waals surface area contributed by atoms with Crippen molar-refractivity contribution in [2.45, 2.75) is 56.5 Å².